The van der Waals surface area contributed by atoms with Gasteiger partial charge < -0.3 is 14.9 Å². The van der Waals surface area contributed by atoms with Gasteiger partial charge in [-0.2, -0.15) is 0 Å². The van der Waals surface area contributed by atoms with E-state index < -0.39 is 6.10 Å². The zero-order valence-electron chi connectivity index (χ0n) is 11.7. The van der Waals surface area contributed by atoms with Crippen molar-refractivity contribution in [2.24, 2.45) is 11.8 Å². The number of ether oxygens (including phenoxy) is 1. The van der Waals surface area contributed by atoms with E-state index in [1.165, 1.54) is 7.11 Å². The van der Waals surface area contributed by atoms with Gasteiger partial charge in [0.05, 0.1) is 18.8 Å². The van der Waals surface area contributed by atoms with Gasteiger partial charge in [0, 0.05) is 11.5 Å². The number of phenolic OH excluding ortho intramolecular Hbond substituents is 1. The van der Waals surface area contributed by atoms with E-state index in [2.05, 4.69) is 0 Å². The van der Waals surface area contributed by atoms with Crippen LogP contribution < -0.4 is 4.74 Å². The second-order valence-electron chi connectivity index (χ2n) is 5.18. The summed E-state index contributed by atoms with van der Waals surface area (Å²) < 4.78 is 5.25. The van der Waals surface area contributed by atoms with E-state index in [9.17, 15) is 15.0 Å². The van der Waals surface area contributed by atoms with Gasteiger partial charge in [-0.05, 0) is 24.0 Å². The van der Waals surface area contributed by atoms with Crippen molar-refractivity contribution in [3.05, 3.63) is 22.8 Å². The van der Waals surface area contributed by atoms with Crippen molar-refractivity contribution in [3.8, 4) is 11.5 Å². The Kier molecular flexibility index (Phi) is 3.54. The highest BCUT2D eigenvalue weighted by Crippen LogP contribution is 2.45. The number of carbonyl (C=O) groups is 1. The van der Waals surface area contributed by atoms with E-state index in [0.717, 1.165) is 0 Å². The zero-order chi connectivity index (χ0) is 14.3. The lowest BCUT2D eigenvalue weighted by molar-refractivity contribution is 0.0562. The van der Waals surface area contributed by atoms with E-state index in [4.69, 9.17) is 4.74 Å². The van der Waals surface area contributed by atoms with Gasteiger partial charge in [0.1, 0.15) is 11.5 Å². The van der Waals surface area contributed by atoms with Crippen LogP contribution in [0, 0.1) is 11.8 Å². The van der Waals surface area contributed by atoms with Crippen LogP contribution in [0.1, 0.15) is 48.4 Å². The first-order chi connectivity index (χ1) is 8.93. The Balaban J connectivity index is 2.74. The molecule has 3 atom stereocenters. The lowest BCUT2D eigenvalue weighted by atomic mass is 9.74. The van der Waals surface area contributed by atoms with Crippen LogP contribution in [0.4, 0.5) is 0 Å². The maximum Gasteiger partial charge on any atom is 0.170 e. The molecular formula is C15H20O4. The summed E-state index contributed by atoms with van der Waals surface area (Å²) >= 11 is 0. The van der Waals surface area contributed by atoms with Gasteiger partial charge in [-0.1, -0.05) is 20.8 Å². The van der Waals surface area contributed by atoms with Crippen LogP contribution in [0.3, 0.4) is 0 Å². The Bertz CT molecular complexity index is 521. The van der Waals surface area contributed by atoms with Crippen molar-refractivity contribution in [2.45, 2.75) is 33.3 Å². The van der Waals surface area contributed by atoms with E-state index in [-0.39, 0.29) is 28.9 Å². The molecule has 1 aliphatic carbocycles. The molecule has 4 heteroatoms. The van der Waals surface area contributed by atoms with E-state index in [1.54, 1.807) is 13.0 Å². The largest absolute Gasteiger partial charge is 0.507 e. The molecule has 0 radical (unpaired) electrons. The smallest absolute Gasteiger partial charge is 0.170 e. The molecule has 0 saturated heterocycles. The van der Waals surface area contributed by atoms with Crippen LogP contribution in [0.15, 0.2) is 6.07 Å². The number of rotatable bonds is 2. The van der Waals surface area contributed by atoms with Gasteiger partial charge in [0.25, 0.3) is 0 Å². The third-order valence-electron chi connectivity index (χ3n) is 4.23. The molecule has 4 nitrogen and oxygen atoms in total. The molecule has 0 amide bonds. The number of hydrogen-bond acceptors (Lipinski definition) is 4. The summed E-state index contributed by atoms with van der Waals surface area (Å²) in [5, 5.41) is 20.6. The van der Waals surface area contributed by atoms with Crippen LogP contribution in [0.25, 0.3) is 0 Å². The summed E-state index contributed by atoms with van der Waals surface area (Å²) in [6, 6.07) is 1.68. The average Bonchev–Trinajstić information content (AvgIpc) is 2.41. The van der Waals surface area contributed by atoms with Crippen molar-refractivity contribution in [1.82, 2.24) is 0 Å². The third kappa shape index (κ3) is 1.91. The molecular weight excluding hydrogens is 244 g/mol. The minimum Gasteiger partial charge on any atom is -0.507 e. The fourth-order valence-electron chi connectivity index (χ4n) is 2.74. The van der Waals surface area contributed by atoms with Crippen LogP contribution in [0.5, 0.6) is 11.5 Å². The van der Waals surface area contributed by atoms with Crippen LogP contribution >= 0.6 is 0 Å². The molecule has 0 heterocycles. The molecule has 0 bridgehead atoms. The predicted octanol–water partition coefficient (Wildman–Crippen LogP) is 2.47. The molecule has 0 aliphatic heterocycles. The summed E-state index contributed by atoms with van der Waals surface area (Å²) in [6.07, 6.45) is -0.191. The van der Waals surface area contributed by atoms with Gasteiger partial charge >= 0.3 is 0 Å². The lowest BCUT2D eigenvalue weighted by Crippen LogP contribution is -2.31. The lowest BCUT2D eigenvalue weighted by Gasteiger charge is -2.33. The highest BCUT2D eigenvalue weighted by atomic mass is 16.5. The molecule has 2 N–H and O–H groups in total. The standard InChI is InChI=1S/C15H20O4/c1-5-9-11(19-4)6-10-12(15(9)18)14(17)8(3)7(2)13(10)16/h6-8,13,16,18H,5H2,1-4H3/t7-,8-,13+/m1/s1. The number of methoxy groups -OCH3 is 1. The first kappa shape index (κ1) is 13.9. The molecule has 0 saturated carbocycles. The SMILES string of the molecule is CCc1c(OC)cc2c(c1O)C(=O)[C@H](C)[C@@H](C)[C@@H]2O. The molecule has 1 aliphatic rings. The number of aliphatic hydroxyl groups is 1. The summed E-state index contributed by atoms with van der Waals surface area (Å²) in [6.45, 7) is 5.52. The number of aromatic hydroxyl groups is 1. The van der Waals surface area contributed by atoms with Gasteiger partial charge in [-0.15, -0.1) is 0 Å². The number of ketones is 1. The number of phenols is 1. The summed E-state index contributed by atoms with van der Waals surface area (Å²) in [4.78, 5) is 12.3. The normalized spacial score (nSPS) is 26.2. The van der Waals surface area contributed by atoms with E-state index >= 15 is 0 Å². The predicted molar refractivity (Wildman–Crippen MR) is 71.7 cm³/mol. The number of aliphatic hydroxyl groups excluding tert-OH is 1. The summed E-state index contributed by atoms with van der Waals surface area (Å²) in [5.74, 6) is -0.0993. The quantitative estimate of drug-likeness (QED) is 0.861. The fraction of sp³-hybridized carbons (Fsp3) is 0.533. The number of carbonyl (C=O) groups excluding carboxylic acids is 1. The van der Waals surface area contributed by atoms with Gasteiger partial charge in [0.15, 0.2) is 5.78 Å². The van der Waals surface area contributed by atoms with E-state index in [0.29, 0.717) is 23.3 Å². The number of hydrogen-bond donors (Lipinski definition) is 2. The van der Waals surface area contributed by atoms with E-state index in [1.807, 2.05) is 13.8 Å². The van der Waals surface area contributed by atoms with Crippen molar-refractivity contribution in [1.29, 1.82) is 0 Å². The monoisotopic (exact) mass is 264 g/mol. The first-order valence-electron chi connectivity index (χ1n) is 6.59. The summed E-state index contributed by atoms with van der Waals surface area (Å²) in [7, 11) is 1.52. The zero-order valence-corrected chi connectivity index (χ0v) is 11.7. The van der Waals surface area contributed by atoms with Crippen molar-refractivity contribution >= 4 is 5.78 Å². The molecule has 104 valence electrons. The Morgan fingerprint density at radius 3 is 2.53 bits per heavy atom. The molecule has 19 heavy (non-hydrogen) atoms. The average molecular weight is 264 g/mol. The van der Waals surface area contributed by atoms with Crippen molar-refractivity contribution in [3.63, 3.8) is 0 Å². The topological polar surface area (TPSA) is 66.8 Å². The highest BCUT2D eigenvalue weighted by molar-refractivity contribution is 6.03. The maximum atomic E-state index is 12.3. The second kappa shape index (κ2) is 4.85. The van der Waals surface area contributed by atoms with Crippen molar-refractivity contribution < 1.29 is 19.7 Å². The molecule has 2 rings (SSSR count). The minimum absolute atomic E-state index is 0.0420. The molecule has 0 aromatic heterocycles. The minimum atomic E-state index is -0.756. The maximum absolute atomic E-state index is 12.3. The Labute approximate surface area is 113 Å². The Morgan fingerprint density at radius 1 is 1.37 bits per heavy atom. The van der Waals surface area contributed by atoms with Gasteiger partial charge in [-0.3, -0.25) is 4.79 Å². The first-order valence-corrected chi connectivity index (χ1v) is 6.59. The fourth-order valence-corrected chi connectivity index (χ4v) is 2.74. The Morgan fingerprint density at radius 2 is 2.00 bits per heavy atom. The molecule has 1 aromatic carbocycles. The van der Waals surface area contributed by atoms with Crippen LogP contribution in [-0.2, 0) is 6.42 Å². The van der Waals surface area contributed by atoms with Crippen LogP contribution in [0.2, 0.25) is 0 Å². The summed E-state index contributed by atoms with van der Waals surface area (Å²) in [5.41, 5.74) is 1.35. The number of benzene rings is 1. The Hall–Kier alpha value is -1.55. The molecule has 0 unspecified atom stereocenters. The number of fused-ring (bicyclic) bond motifs is 1. The second-order valence-corrected chi connectivity index (χ2v) is 5.18. The molecule has 1 aromatic rings. The van der Waals surface area contributed by atoms with Crippen LogP contribution in [-0.4, -0.2) is 23.1 Å². The molecule has 0 fully saturated rings. The number of Topliss-reactive ketones (excluding diaryl/α,β-unsaturated/α-hetero) is 1. The van der Waals surface area contributed by atoms with Gasteiger partial charge in [0.2, 0.25) is 0 Å². The van der Waals surface area contributed by atoms with Crippen molar-refractivity contribution in [2.75, 3.05) is 7.11 Å². The molecule has 0 spiro atoms. The van der Waals surface area contributed by atoms with Gasteiger partial charge in [-0.25, -0.2) is 0 Å². The highest BCUT2D eigenvalue weighted by Gasteiger charge is 2.39. The third-order valence-corrected chi connectivity index (χ3v) is 4.23.